The first-order valence-corrected chi connectivity index (χ1v) is 7.99. The van der Waals surface area contributed by atoms with Crippen LogP contribution in [0, 0.1) is 11.8 Å². The highest BCUT2D eigenvalue weighted by molar-refractivity contribution is 4.82. The predicted octanol–water partition coefficient (Wildman–Crippen LogP) is 4.16. The highest BCUT2D eigenvalue weighted by Crippen LogP contribution is 2.35. The number of rotatable bonds is 10. The fourth-order valence-electron chi connectivity index (χ4n) is 3.09. The number of aliphatic hydroxyl groups is 1. The van der Waals surface area contributed by atoms with Crippen LogP contribution in [0.4, 0.5) is 0 Å². The van der Waals surface area contributed by atoms with Crippen molar-refractivity contribution in [1.82, 2.24) is 0 Å². The van der Waals surface area contributed by atoms with E-state index in [-0.39, 0.29) is 6.10 Å². The lowest BCUT2D eigenvalue weighted by atomic mass is 9.77. The molecule has 1 saturated carbocycles. The van der Waals surface area contributed by atoms with Gasteiger partial charge in [0.15, 0.2) is 0 Å². The van der Waals surface area contributed by atoms with Crippen molar-refractivity contribution in [2.24, 2.45) is 11.8 Å². The monoisotopic (exact) mass is 256 g/mol. The smallest absolute Gasteiger partial charge is 0.0580 e. The van der Waals surface area contributed by atoms with Gasteiger partial charge in [-0.25, -0.2) is 0 Å². The van der Waals surface area contributed by atoms with Crippen molar-refractivity contribution in [3.8, 4) is 0 Å². The van der Waals surface area contributed by atoms with Gasteiger partial charge in [0.2, 0.25) is 0 Å². The van der Waals surface area contributed by atoms with E-state index < -0.39 is 0 Å². The molecule has 0 aromatic rings. The van der Waals surface area contributed by atoms with Gasteiger partial charge in [0.25, 0.3) is 0 Å². The zero-order chi connectivity index (χ0) is 13.4. The molecule has 0 heterocycles. The molecule has 0 aromatic heterocycles. The summed E-state index contributed by atoms with van der Waals surface area (Å²) in [5.74, 6) is 1.43. The standard InChI is InChI=1S/C16H32O2/c1-4-7-8-13(5-2)9-15(17)10-14-11-16(12-14)18-6-3/h13-17H,4-12H2,1-3H3. The molecule has 0 amide bonds. The van der Waals surface area contributed by atoms with E-state index in [4.69, 9.17) is 4.74 Å². The maximum atomic E-state index is 10.2. The summed E-state index contributed by atoms with van der Waals surface area (Å²) in [7, 11) is 0. The highest BCUT2D eigenvalue weighted by atomic mass is 16.5. The summed E-state index contributed by atoms with van der Waals surface area (Å²) in [6.07, 6.45) is 9.80. The molecule has 0 spiro atoms. The van der Waals surface area contributed by atoms with Crippen molar-refractivity contribution >= 4 is 0 Å². The number of unbranched alkanes of at least 4 members (excludes halogenated alkanes) is 1. The minimum absolute atomic E-state index is 0.0839. The first-order valence-electron chi connectivity index (χ1n) is 7.99. The third kappa shape index (κ3) is 5.71. The zero-order valence-corrected chi connectivity index (χ0v) is 12.5. The third-order valence-electron chi connectivity index (χ3n) is 4.35. The van der Waals surface area contributed by atoms with E-state index in [1.165, 1.54) is 25.7 Å². The Kier molecular flexibility index (Phi) is 7.92. The van der Waals surface area contributed by atoms with Crippen LogP contribution >= 0.6 is 0 Å². The Morgan fingerprint density at radius 1 is 1.22 bits per heavy atom. The summed E-state index contributed by atoms with van der Waals surface area (Å²) >= 11 is 0. The van der Waals surface area contributed by atoms with Crippen LogP contribution in [0.3, 0.4) is 0 Å². The van der Waals surface area contributed by atoms with Crippen LogP contribution < -0.4 is 0 Å². The fraction of sp³-hybridized carbons (Fsp3) is 1.00. The van der Waals surface area contributed by atoms with Crippen molar-refractivity contribution in [2.75, 3.05) is 6.61 Å². The van der Waals surface area contributed by atoms with Crippen molar-refractivity contribution in [3.63, 3.8) is 0 Å². The Bertz CT molecular complexity index is 199. The van der Waals surface area contributed by atoms with E-state index in [1.54, 1.807) is 0 Å². The Balaban J connectivity index is 2.11. The lowest BCUT2D eigenvalue weighted by Gasteiger charge is -2.36. The third-order valence-corrected chi connectivity index (χ3v) is 4.35. The summed E-state index contributed by atoms with van der Waals surface area (Å²) < 4.78 is 5.56. The molecule has 0 aromatic carbocycles. The van der Waals surface area contributed by atoms with E-state index in [2.05, 4.69) is 20.8 Å². The van der Waals surface area contributed by atoms with Crippen LogP contribution in [0.5, 0.6) is 0 Å². The molecule has 1 rings (SSSR count). The van der Waals surface area contributed by atoms with Gasteiger partial charge in [0.1, 0.15) is 0 Å². The van der Waals surface area contributed by atoms with Crippen molar-refractivity contribution in [2.45, 2.75) is 84.3 Å². The second-order valence-corrected chi connectivity index (χ2v) is 5.96. The van der Waals surface area contributed by atoms with E-state index in [9.17, 15) is 5.11 Å². The second-order valence-electron chi connectivity index (χ2n) is 5.96. The van der Waals surface area contributed by atoms with Gasteiger partial charge >= 0.3 is 0 Å². The van der Waals surface area contributed by atoms with E-state index in [1.807, 2.05) is 0 Å². The molecule has 1 aliphatic rings. The fourth-order valence-corrected chi connectivity index (χ4v) is 3.09. The molecule has 0 saturated heterocycles. The molecule has 2 atom stereocenters. The van der Waals surface area contributed by atoms with Gasteiger partial charge in [-0.2, -0.15) is 0 Å². The predicted molar refractivity (Wildman–Crippen MR) is 76.7 cm³/mol. The largest absolute Gasteiger partial charge is 0.393 e. The van der Waals surface area contributed by atoms with Crippen LogP contribution in [0.15, 0.2) is 0 Å². The van der Waals surface area contributed by atoms with Gasteiger partial charge in [-0.3, -0.25) is 0 Å². The molecule has 1 aliphatic carbocycles. The maximum Gasteiger partial charge on any atom is 0.0580 e. The summed E-state index contributed by atoms with van der Waals surface area (Å²) in [6.45, 7) is 7.38. The van der Waals surface area contributed by atoms with E-state index >= 15 is 0 Å². The van der Waals surface area contributed by atoms with Crippen molar-refractivity contribution < 1.29 is 9.84 Å². The molecule has 0 aliphatic heterocycles. The molecule has 0 radical (unpaired) electrons. The minimum Gasteiger partial charge on any atom is -0.393 e. The summed E-state index contributed by atoms with van der Waals surface area (Å²) in [4.78, 5) is 0. The molecule has 0 bridgehead atoms. The van der Waals surface area contributed by atoms with Gasteiger partial charge < -0.3 is 9.84 Å². The van der Waals surface area contributed by atoms with E-state index in [0.717, 1.165) is 38.2 Å². The van der Waals surface area contributed by atoms with Crippen LogP contribution in [0.25, 0.3) is 0 Å². The molecule has 108 valence electrons. The topological polar surface area (TPSA) is 29.5 Å². The summed E-state index contributed by atoms with van der Waals surface area (Å²) in [5, 5.41) is 10.2. The molecule has 1 N–H and O–H groups in total. The quantitative estimate of drug-likeness (QED) is 0.636. The Hall–Kier alpha value is -0.0800. The number of hydrogen-bond acceptors (Lipinski definition) is 2. The van der Waals surface area contributed by atoms with Crippen molar-refractivity contribution in [3.05, 3.63) is 0 Å². The van der Waals surface area contributed by atoms with Gasteiger partial charge in [0, 0.05) is 6.61 Å². The number of aliphatic hydroxyl groups excluding tert-OH is 1. The molecule has 1 fully saturated rings. The highest BCUT2D eigenvalue weighted by Gasteiger charge is 2.31. The Labute approximate surface area is 113 Å². The van der Waals surface area contributed by atoms with Crippen LogP contribution in [-0.2, 0) is 4.74 Å². The molecule has 2 unspecified atom stereocenters. The molecule has 2 nitrogen and oxygen atoms in total. The van der Waals surface area contributed by atoms with E-state index in [0.29, 0.717) is 12.0 Å². The van der Waals surface area contributed by atoms with Crippen LogP contribution in [0.2, 0.25) is 0 Å². The second kappa shape index (κ2) is 8.92. The summed E-state index contributed by atoms with van der Waals surface area (Å²) in [6, 6.07) is 0. The van der Waals surface area contributed by atoms with Crippen LogP contribution in [0.1, 0.15) is 72.1 Å². The summed E-state index contributed by atoms with van der Waals surface area (Å²) in [5.41, 5.74) is 0. The van der Waals surface area contributed by atoms with Crippen LogP contribution in [-0.4, -0.2) is 23.9 Å². The SMILES string of the molecule is CCCCC(CC)CC(O)CC1CC(OCC)C1. The maximum absolute atomic E-state index is 10.2. The Morgan fingerprint density at radius 3 is 2.50 bits per heavy atom. The van der Waals surface area contributed by atoms with Gasteiger partial charge in [-0.1, -0.05) is 39.5 Å². The normalized spacial score (nSPS) is 26.7. The average molecular weight is 256 g/mol. The molecule has 2 heteroatoms. The van der Waals surface area contributed by atoms with Gasteiger partial charge in [0.05, 0.1) is 12.2 Å². The lowest BCUT2D eigenvalue weighted by molar-refractivity contribution is -0.0397. The molecular weight excluding hydrogens is 224 g/mol. The number of ether oxygens (including phenoxy) is 1. The first kappa shape index (κ1) is 16.0. The molecular formula is C16H32O2. The lowest BCUT2D eigenvalue weighted by Crippen LogP contribution is -2.34. The van der Waals surface area contributed by atoms with Gasteiger partial charge in [-0.05, 0) is 44.4 Å². The number of hydrogen-bond donors (Lipinski definition) is 1. The zero-order valence-electron chi connectivity index (χ0n) is 12.5. The first-order chi connectivity index (χ1) is 8.69. The van der Waals surface area contributed by atoms with Crippen molar-refractivity contribution in [1.29, 1.82) is 0 Å². The molecule has 18 heavy (non-hydrogen) atoms. The average Bonchev–Trinajstić information content (AvgIpc) is 2.31. The Morgan fingerprint density at radius 2 is 1.94 bits per heavy atom. The minimum atomic E-state index is -0.0839. The van der Waals surface area contributed by atoms with Gasteiger partial charge in [-0.15, -0.1) is 0 Å².